The van der Waals surface area contributed by atoms with E-state index in [1.165, 1.54) is 32.1 Å². The van der Waals surface area contributed by atoms with Crippen molar-refractivity contribution in [1.82, 2.24) is 10.2 Å². The first-order valence-electron chi connectivity index (χ1n) is 5.17. The van der Waals surface area contributed by atoms with Gasteiger partial charge in [0.15, 0.2) is 0 Å². The minimum atomic E-state index is 0.0329. The maximum Gasteiger partial charge on any atom is 0.316 e. The number of hydrogen-bond donors (Lipinski definition) is 1. The van der Waals surface area contributed by atoms with Crippen molar-refractivity contribution in [2.75, 3.05) is 20.6 Å². The van der Waals surface area contributed by atoms with Crippen LogP contribution < -0.4 is 5.32 Å². The SMILES string of the molecule is CNC(=O)N(C)CC1CCCCC1. The van der Waals surface area contributed by atoms with E-state index in [1.807, 2.05) is 7.05 Å². The van der Waals surface area contributed by atoms with E-state index < -0.39 is 0 Å². The predicted molar refractivity (Wildman–Crippen MR) is 53.7 cm³/mol. The normalized spacial score (nSPS) is 18.3. The maximum atomic E-state index is 11.2. The molecule has 0 radical (unpaired) electrons. The van der Waals surface area contributed by atoms with Gasteiger partial charge in [-0.25, -0.2) is 4.79 Å². The summed E-state index contributed by atoms with van der Waals surface area (Å²) >= 11 is 0. The molecule has 0 atom stereocenters. The summed E-state index contributed by atoms with van der Waals surface area (Å²) in [6, 6.07) is 0.0329. The van der Waals surface area contributed by atoms with Gasteiger partial charge in [-0.2, -0.15) is 0 Å². The third-order valence-electron chi connectivity index (χ3n) is 2.82. The molecule has 0 aromatic rings. The summed E-state index contributed by atoms with van der Waals surface area (Å²) in [5.41, 5.74) is 0. The van der Waals surface area contributed by atoms with E-state index in [9.17, 15) is 4.79 Å². The molecule has 1 N–H and O–H groups in total. The second kappa shape index (κ2) is 5.10. The lowest BCUT2D eigenvalue weighted by molar-refractivity contribution is 0.194. The smallest absolute Gasteiger partial charge is 0.316 e. The molecule has 3 nitrogen and oxygen atoms in total. The Morgan fingerprint density at radius 1 is 1.38 bits per heavy atom. The van der Waals surface area contributed by atoms with Crippen LogP contribution in [0.5, 0.6) is 0 Å². The minimum absolute atomic E-state index is 0.0329. The highest BCUT2D eigenvalue weighted by Gasteiger charge is 2.17. The molecule has 1 aliphatic rings. The lowest BCUT2D eigenvalue weighted by atomic mass is 9.89. The molecule has 3 heteroatoms. The van der Waals surface area contributed by atoms with Crippen LogP contribution in [-0.4, -0.2) is 31.6 Å². The van der Waals surface area contributed by atoms with Crippen molar-refractivity contribution in [3.63, 3.8) is 0 Å². The zero-order chi connectivity index (χ0) is 9.68. The first-order valence-corrected chi connectivity index (χ1v) is 5.17. The van der Waals surface area contributed by atoms with Crippen molar-refractivity contribution in [3.05, 3.63) is 0 Å². The van der Waals surface area contributed by atoms with Gasteiger partial charge in [-0.3, -0.25) is 0 Å². The number of urea groups is 1. The standard InChI is InChI=1S/C10H20N2O/c1-11-10(13)12(2)8-9-6-4-3-5-7-9/h9H,3-8H2,1-2H3,(H,11,13). The van der Waals surface area contributed by atoms with Crippen LogP contribution in [-0.2, 0) is 0 Å². The van der Waals surface area contributed by atoms with E-state index in [4.69, 9.17) is 0 Å². The van der Waals surface area contributed by atoms with Crippen LogP contribution in [0, 0.1) is 5.92 Å². The number of amides is 2. The average Bonchev–Trinajstić information content (AvgIpc) is 2.18. The number of nitrogens with one attached hydrogen (secondary N) is 1. The van der Waals surface area contributed by atoms with E-state index in [0.29, 0.717) is 0 Å². The molecule has 0 unspecified atom stereocenters. The molecule has 13 heavy (non-hydrogen) atoms. The molecule has 1 rings (SSSR count). The highest BCUT2D eigenvalue weighted by atomic mass is 16.2. The van der Waals surface area contributed by atoms with E-state index in [0.717, 1.165) is 12.5 Å². The maximum absolute atomic E-state index is 11.2. The van der Waals surface area contributed by atoms with E-state index in [1.54, 1.807) is 11.9 Å². The first kappa shape index (κ1) is 10.4. The zero-order valence-corrected chi connectivity index (χ0v) is 8.68. The van der Waals surface area contributed by atoms with Crippen molar-refractivity contribution < 1.29 is 4.79 Å². The van der Waals surface area contributed by atoms with Gasteiger partial charge in [0.1, 0.15) is 0 Å². The Bertz CT molecular complexity index is 164. The Morgan fingerprint density at radius 2 is 2.00 bits per heavy atom. The Kier molecular flexibility index (Phi) is 4.06. The summed E-state index contributed by atoms with van der Waals surface area (Å²) in [5.74, 6) is 0.732. The highest BCUT2D eigenvalue weighted by Crippen LogP contribution is 2.23. The quantitative estimate of drug-likeness (QED) is 0.697. The van der Waals surface area contributed by atoms with Crippen LogP contribution in [0.3, 0.4) is 0 Å². The molecule has 0 spiro atoms. The van der Waals surface area contributed by atoms with Gasteiger partial charge < -0.3 is 10.2 Å². The molecule has 1 fully saturated rings. The Hall–Kier alpha value is -0.730. The molecule has 1 saturated carbocycles. The minimum Gasteiger partial charge on any atom is -0.341 e. The number of nitrogens with zero attached hydrogens (tertiary/aromatic N) is 1. The van der Waals surface area contributed by atoms with Gasteiger partial charge >= 0.3 is 6.03 Å². The zero-order valence-electron chi connectivity index (χ0n) is 8.68. The molecular formula is C10H20N2O. The van der Waals surface area contributed by atoms with Gasteiger partial charge in [0.2, 0.25) is 0 Å². The lowest BCUT2D eigenvalue weighted by Gasteiger charge is -2.26. The van der Waals surface area contributed by atoms with Crippen molar-refractivity contribution in [2.24, 2.45) is 5.92 Å². The molecule has 2 amide bonds. The molecule has 0 aromatic heterocycles. The monoisotopic (exact) mass is 184 g/mol. The molecular weight excluding hydrogens is 164 g/mol. The van der Waals surface area contributed by atoms with Crippen LogP contribution in [0.25, 0.3) is 0 Å². The van der Waals surface area contributed by atoms with E-state index in [2.05, 4.69) is 5.32 Å². The summed E-state index contributed by atoms with van der Waals surface area (Å²) in [4.78, 5) is 13.0. The third-order valence-corrected chi connectivity index (χ3v) is 2.82. The van der Waals surface area contributed by atoms with Gasteiger partial charge in [0, 0.05) is 20.6 Å². The topological polar surface area (TPSA) is 32.3 Å². The summed E-state index contributed by atoms with van der Waals surface area (Å²) in [5, 5.41) is 2.64. The Morgan fingerprint density at radius 3 is 2.54 bits per heavy atom. The fraction of sp³-hybridized carbons (Fsp3) is 0.900. The summed E-state index contributed by atoms with van der Waals surface area (Å²) in [7, 11) is 3.55. The third kappa shape index (κ3) is 3.25. The molecule has 0 heterocycles. The molecule has 76 valence electrons. The number of hydrogen-bond acceptors (Lipinski definition) is 1. The average molecular weight is 184 g/mol. The van der Waals surface area contributed by atoms with Gasteiger partial charge in [-0.15, -0.1) is 0 Å². The van der Waals surface area contributed by atoms with E-state index >= 15 is 0 Å². The summed E-state index contributed by atoms with van der Waals surface area (Å²) < 4.78 is 0. The molecule has 1 aliphatic carbocycles. The van der Waals surface area contributed by atoms with Gasteiger partial charge in [0.05, 0.1) is 0 Å². The summed E-state index contributed by atoms with van der Waals surface area (Å²) in [6.07, 6.45) is 6.64. The van der Waals surface area contributed by atoms with Crippen molar-refractivity contribution in [1.29, 1.82) is 0 Å². The van der Waals surface area contributed by atoms with Crippen LogP contribution >= 0.6 is 0 Å². The predicted octanol–water partition coefficient (Wildman–Crippen LogP) is 1.84. The summed E-state index contributed by atoms with van der Waals surface area (Å²) in [6.45, 7) is 0.916. The second-order valence-corrected chi connectivity index (χ2v) is 3.94. The number of carbonyl (C=O) groups is 1. The fourth-order valence-electron chi connectivity index (χ4n) is 2.03. The van der Waals surface area contributed by atoms with Crippen molar-refractivity contribution >= 4 is 6.03 Å². The second-order valence-electron chi connectivity index (χ2n) is 3.94. The van der Waals surface area contributed by atoms with Crippen LogP contribution in [0.4, 0.5) is 4.79 Å². The van der Waals surface area contributed by atoms with Crippen LogP contribution in [0.2, 0.25) is 0 Å². The van der Waals surface area contributed by atoms with Gasteiger partial charge in [0.25, 0.3) is 0 Å². The highest BCUT2D eigenvalue weighted by molar-refractivity contribution is 5.73. The van der Waals surface area contributed by atoms with Gasteiger partial charge in [-0.1, -0.05) is 19.3 Å². The molecule has 0 bridgehead atoms. The van der Waals surface area contributed by atoms with E-state index in [-0.39, 0.29) is 6.03 Å². The van der Waals surface area contributed by atoms with Crippen molar-refractivity contribution in [2.45, 2.75) is 32.1 Å². The molecule has 0 aliphatic heterocycles. The fourth-order valence-corrected chi connectivity index (χ4v) is 2.03. The Labute approximate surface area is 80.5 Å². The largest absolute Gasteiger partial charge is 0.341 e. The Balaban J connectivity index is 2.25. The van der Waals surface area contributed by atoms with Crippen molar-refractivity contribution in [3.8, 4) is 0 Å². The molecule has 0 aromatic carbocycles. The number of carbonyl (C=O) groups excluding carboxylic acids is 1. The van der Waals surface area contributed by atoms with Crippen LogP contribution in [0.15, 0.2) is 0 Å². The lowest BCUT2D eigenvalue weighted by Crippen LogP contribution is -2.38. The van der Waals surface area contributed by atoms with Gasteiger partial charge in [-0.05, 0) is 18.8 Å². The number of rotatable bonds is 2. The molecule has 0 saturated heterocycles. The first-order chi connectivity index (χ1) is 6.24. The van der Waals surface area contributed by atoms with Crippen LogP contribution in [0.1, 0.15) is 32.1 Å².